The van der Waals surface area contributed by atoms with E-state index in [-0.39, 0.29) is 18.4 Å². The molecule has 1 rings (SSSR count). The van der Waals surface area contributed by atoms with E-state index in [1.54, 1.807) is 0 Å². The second-order valence-corrected chi connectivity index (χ2v) is 6.34. The second kappa shape index (κ2) is 12.6. The number of nitrogens with one attached hydrogen (secondary N) is 3. The first kappa shape index (κ1) is 21.3. The third-order valence-corrected chi connectivity index (χ3v) is 4.44. The van der Waals surface area contributed by atoms with Gasteiger partial charge in [-0.1, -0.05) is 19.3 Å². The number of guanidine groups is 1. The van der Waals surface area contributed by atoms with E-state index in [1.165, 1.54) is 19.3 Å². The lowest BCUT2D eigenvalue weighted by Gasteiger charge is -2.22. The van der Waals surface area contributed by atoms with E-state index in [0.29, 0.717) is 31.5 Å². The Morgan fingerprint density at radius 2 is 1.72 bits per heavy atom. The molecule has 0 aromatic rings. The van der Waals surface area contributed by atoms with Crippen LogP contribution in [0.4, 0.5) is 0 Å². The van der Waals surface area contributed by atoms with Crippen molar-refractivity contribution in [2.45, 2.75) is 65.3 Å². The average Bonchev–Trinajstić information content (AvgIpc) is 2.61. The summed E-state index contributed by atoms with van der Waals surface area (Å²) in [4.78, 5) is 30.2. The van der Waals surface area contributed by atoms with Gasteiger partial charge in [0.1, 0.15) is 6.54 Å². The summed E-state index contributed by atoms with van der Waals surface area (Å²) in [6, 6.07) is 0.304. The molecular formula is C18H35N5O2. The Labute approximate surface area is 152 Å². The van der Waals surface area contributed by atoms with E-state index in [2.05, 4.69) is 20.9 Å². The third-order valence-electron chi connectivity index (χ3n) is 4.44. The van der Waals surface area contributed by atoms with Crippen LogP contribution in [0.2, 0.25) is 0 Å². The summed E-state index contributed by atoms with van der Waals surface area (Å²) >= 11 is 0. The van der Waals surface area contributed by atoms with Crippen molar-refractivity contribution in [2.24, 2.45) is 4.99 Å². The summed E-state index contributed by atoms with van der Waals surface area (Å²) in [6.07, 6.45) is 6.21. The Balaban J connectivity index is 2.36. The van der Waals surface area contributed by atoms with Crippen molar-refractivity contribution >= 4 is 17.8 Å². The SMILES string of the molecule is CCNC(=NCC(=O)NC1CCCCC1)NCCC(=O)N(CC)CC. The Morgan fingerprint density at radius 3 is 2.32 bits per heavy atom. The highest BCUT2D eigenvalue weighted by atomic mass is 16.2. The molecule has 0 heterocycles. The van der Waals surface area contributed by atoms with Crippen LogP contribution in [-0.4, -0.2) is 61.4 Å². The number of nitrogens with zero attached hydrogens (tertiary/aromatic N) is 2. The third kappa shape index (κ3) is 8.74. The summed E-state index contributed by atoms with van der Waals surface area (Å²) in [5.41, 5.74) is 0. The van der Waals surface area contributed by atoms with Crippen LogP contribution >= 0.6 is 0 Å². The minimum Gasteiger partial charge on any atom is -0.357 e. The van der Waals surface area contributed by atoms with Crippen molar-refractivity contribution < 1.29 is 9.59 Å². The zero-order chi connectivity index (χ0) is 18.5. The summed E-state index contributed by atoms with van der Waals surface area (Å²) in [7, 11) is 0. The van der Waals surface area contributed by atoms with E-state index in [1.807, 2.05) is 25.7 Å². The van der Waals surface area contributed by atoms with Crippen LogP contribution in [0.5, 0.6) is 0 Å². The van der Waals surface area contributed by atoms with Crippen LogP contribution in [0.3, 0.4) is 0 Å². The summed E-state index contributed by atoms with van der Waals surface area (Å²) in [5, 5.41) is 9.29. The van der Waals surface area contributed by atoms with E-state index < -0.39 is 0 Å². The highest BCUT2D eigenvalue weighted by Crippen LogP contribution is 2.17. The Morgan fingerprint density at radius 1 is 1.04 bits per heavy atom. The van der Waals surface area contributed by atoms with Crippen molar-refractivity contribution in [1.29, 1.82) is 0 Å². The molecule has 0 bridgehead atoms. The molecule has 0 saturated heterocycles. The molecule has 0 unspecified atom stereocenters. The van der Waals surface area contributed by atoms with Crippen molar-refractivity contribution in [3.63, 3.8) is 0 Å². The maximum absolute atomic E-state index is 12.0. The first-order chi connectivity index (χ1) is 12.1. The number of hydrogen-bond donors (Lipinski definition) is 3. The van der Waals surface area contributed by atoms with Gasteiger partial charge in [-0.15, -0.1) is 0 Å². The van der Waals surface area contributed by atoms with Crippen molar-refractivity contribution in [3.8, 4) is 0 Å². The quantitative estimate of drug-likeness (QED) is 0.430. The van der Waals surface area contributed by atoms with E-state index in [0.717, 1.165) is 25.9 Å². The normalized spacial score (nSPS) is 15.6. The molecule has 0 aromatic carbocycles. The number of carbonyl (C=O) groups excluding carboxylic acids is 2. The first-order valence-electron chi connectivity index (χ1n) is 9.69. The van der Waals surface area contributed by atoms with Crippen molar-refractivity contribution in [2.75, 3.05) is 32.7 Å². The van der Waals surface area contributed by atoms with Crippen LogP contribution < -0.4 is 16.0 Å². The van der Waals surface area contributed by atoms with Gasteiger partial charge in [-0.05, 0) is 33.6 Å². The highest BCUT2D eigenvalue weighted by Gasteiger charge is 2.15. The number of amides is 2. The first-order valence-corrected chi connectivity index (χ1v) is 9.69. The molecule has 1 aliphatic carbocycles. The lowest BCUT2D eigenvalue weighted by Crippen LogP contribution is -2.42. The summed E-state index contributed by atoms with van der Waals surface area (Å²) < 4.78 is 0. The fourth-order valence-electron chi connectivity index (χ4n) is 3.04. The molecule has 2 amide bonds. The lowest BCUT2D eigenvalue weighted by molar-refractivity contribution is -0.130. The van der Waals surface area contributed by atoms with E-state index >= 15 is 0 Å². The van der Waals surface area contributed by atoms with Gasteiger partial charge in [-0.2, -0.15) is 0 Å². The molecule has 0 atom stereocenters. The van der Waals surface area contributed by atoms with Crippen LogP contribution in [0.1, 0.15) is 59.3 Å². The second-order valence-electron chi connectivity index (χ2n) is 6.34. The van der Waals surface area contributed by atoms with Gasteiger partial charge in [0.05, 0.1) is 0 Å². The standard InChI is InChI=1S/C18H35N5O2/c1-4-19-18(20-13-12-17(25)23(5-2)6-3)21-14-16(24)22-15-10-8-7-9-11-15/h15H,4-14H2,1-3H3,(H,22,24)(H2,19,20,21). The van der Waals surface area contributed by atoms with Gasteiger partial charge in [-0.3, -0.25) is 9.59 Å². The maximum atomic E-state index is 12.0. The molecule has 3 N–H and O–H groups in total. The number of rotatable bonds is 9. The fourth-order valence-corrected chi connectivity index (χ4v) is 3.04. The van der Waals surface area contributed by atoms with Crippen molar-refractivity contribution in [1.82, 2.24) is 20.9 Å². The Bertz CT molecular complexity index is 429. The minimum atomic E-state index is -0.0386. The zero-order valence-electron chi connectivity index (χ0n) is 16.1. The van der Waals surface area contributed by atoms with Gasteiger partial charge in [0.15, 0.2) is 5.96 Å². The fraction of sp³-hybridized carbons (Fsp3) is 0.833. The highest BCUT2D eigenvalue weighted by molar-refractivity contribution is 5.85. The molecule has 0 spiro atoms. The van der Waals surface area contributed by atoms with Gasteiger partial charge in [0.25, 0.3) is 0 Å². The van der Waals surface area contributed by atoms with Crippen LogP contribution in [0, 0.1) is 0 Å². The van der Waals surface area contributed by atoms with Crippen LogP contribution in [0.25, 0.3) is 0 Å². The molecular weight excluding hydrogens is 318 g/mol. The molecule has 25 heavy (non-hydrogen) atoms. The smallest absolute Gasteiger partial charge is 0.242 e. The maximum Gasteiger partial charge on any atom is 0.242 e. The van der Waals surface area contributed by atoms with Crippen molar-refractivity contribution in [3.05, 3.63) is 0 Å². The van der Waals surface area contributed by atoms with Crippen LogP contribution in [-0.2, 0) is 9.59 Å². The predicted octanol–water partition coefficient (Wildman–Crippen LogP) is 1.25. The molecule has 1 fully saturated rings. The number of carbonyl (C=O) groups is 2. The summed E-state index contributed by atoms with van der Waals surface area (Å²) in [6.45, 7) is 8.70. The van der Waals surface area contributed by atoms with Gasteiger partial charge in [-0.25, -0.2) is 4.99 Å². The lowest BCUT2D eigenvalue weighted by atomic mass is 9.95. The molecule has 7 nitrogen and oxygen atoms in total. The topological polar surface area (TPSA) is 85.8 Å². The molecule has 1 aliphatic rings. The molecule has 7 heteroatoms. The number of hydrogen-bond acceptors (Lipinski definition) is 3. The largest absolute Gasteiger partial charge is 0.357 e. The molecule has 0 aromatic heterocycles. The minimum absolute atomic E-state index is 0.0386. The molecule has 1 saturated carbocycles. The Kier molecular flexibility index (Phi) is 10.7. The molecule has 0 aliphatic heterocycles. The van der Waals surface area contributed by atoms with Crippen LogP contribution in [0.15, 0.2) is 4.99 Å². The van der Waals surface area contributed by atoms with Gasteiger partial charge in [0, 0.05) is 38.6 Å². The van der Waals surface area contributed by atoms with E-state index in [9.17, 15) is 9.59 Å². The molecule has 0 radical (unpaired) electrons. The zero-order valence-corrected chi connectivity index (χ0v) is 16.1. The van der Waals surface area contributed by atoms with E-state index in [4.69, 9.17) is 0 Å². The predicted molar refractivity (Wildman–Crippen MR) is 102 cm³/mol. The van der Waals surface area contributed by atoms with Gasteiger partial charge >= 0.3 is 0 Å². The Hall–Kier alpha value is -1.79. The monoisotopic (exact) mass is 353 g/mol. The number of aliphatic imine (C=N–C) groups is 1. The van der Waals surface area contributed by atoms with Gasteiger partial charge in [0.2, 0.25) is 11.8 Å². The molecule has 144 valence electrons. The van der Waals surface area contributed by atoms with Gasteiger partial charge < -0.3 is 20.9 Å². The average molecular weight is 354 g/mol. The summed E-state index contributed by atoms with van der Waals surface area (Å²) in [5.74, 6) is 0.667.